The summed E-state index contributed by atoms with van der Waals surface area (Å²) in [6.07, 6.45) is 4.30. The topological polar surface area (TPSA) is 140 Å². The van der Waals surface area contributed by atoms with Crippen molar-refractivity contribution in [1.29, 1.82) is 0 Å². The van der Waals surface area contributed by atoms with E-state index in [0.29, 0.717) is 19.5 Å². The van der Waals surface area contributed by atoms with Gasteiger partial charge in [0.1, 0.15) is 12.3 Å². The summed E-state index contributed by atoms with van der Waals surface area (Å²) in [5.41, 5.74) is 6.76. The van der Waals surface area contributed by atoms with Crippen molar-refractivity contribution in [2.24, 2.45) is 10.7 Å². The van der Waals surface area contributed by atoms with Gasteiger partial charge in [-0.05, 0) is 30.6 Å². The molecular weight excluding hydrogens is 489 g/mol. The maximum Gasteiger partial charge on any atom is 0.326 e. The third-order valence-electron chi connectivity index (χ3n) is 4.20. The normalized spacial score (nSPS) is 17.4. The first-order chi connectivity index (χ1) is 13.9. The second-order valence-electron chi connectivity index (χ2n) is 6.38. The summed E-state index contributed by atoms with van der Waals surface area (Å²) in [4.78, 5) is 29.6. The van der Waals surface area contributed by atoms with Crippen LogP contribution in [0.2, 0.25) is 0 Å². The van der Waals surface area contributed by atoms with E-state index in [1.807, 2.05) is 53.2 Å². The zero-order valence-electron chi connectivity index (χ0n) is 15.7. The molecule has 1 amide bonds. The number of hydrogen-bond acceptors (Lipinski definition) is 5. The number of nitrogens with two attached hydrogens (primary N) is 1. The van der Waals surface area contributed by atoms with E-state index in [0.717, 1.165) is 5.56 Å². The number of halogens is 1. The Bertz CT molecular complexity index is 797. The molecule has 156 valence electrons. The molecule has 1 aromatic rings. The summed E-state index contributed by atoms with van der Waals surface area (Å²) in [5, 5.41) is 22.1. The van der Waals surface area contributed by atoms with Gasteiger partial charge in [0.15, 0.2) is 5.96 Å². The van der Waals surface area contributed by atoms with E-state index in [1.165, 1.54) is 18.4 Å². The van der Waals surface area contributed by atoms with E-state index < -0.39 is 24.1 Å². The highest BCUT2D eigenvalue weighted by atomic mass is 127. The van der Waals surface area contributed by atoms with Crippen LogP contribution < -0.4 is 14.6 Å². The number of nitrogens with zero attached hydrogens (tertiary/aromatic N) is 2. The number of amides is 1. The Hall–Kier alpha value is -2.60. The fourth-order valence-corrected chi connectivity index (χ4v) is 2.86. The van der Waals surface area contributed by atoms with Crippen molar-refractivity contribution in [3.8, 4) is 0 Å². The Morgan fingerprint density at radius 2 is 2.03 bits per heavy atom. The number of guanidine groups is 1. The zero-order valence-corrected chi connectivity index (χ0v) is 17.8. The van der Waals surface area contributed by atoms with Crippen molar-refractivity contribution in [3.63, 3.8) is 0 Å². The molecule has 0 aromatic heterocycles. The minimum absolute atomic E-state index is 0.215. The van der Waals surface area contributed by atoms with E-state index in [2.05, 4.69) is 13.8 Å². The van der Waals surface area contributed by atoms with E-state index in [-0.39, 0.29) is 18.0 Å². The number of carbonyl (C=O) groups is 2. The first-order valence-electron chi connectivity index (χ1n) is 8.98. The van der Waals surface area contributed by atoms with Crippen LogP contribution in [0.1, 0.15) is 18.4 Å². The SMILES string of the molecule is NC(=NCCC[C@H](NC(=O)C1=CN(Cc2ccccc2)C(O)C=C1)C(=O)O)NI. The Kier molecular flexibility index (Phi) is 8.93. The Balaban J connectivity index is 1.98. The quantitative estimate of drug-likeness (QED) is 0.109. The van der Waals surface area contributed by atoms with Gasteiger partial charge >= 0.3 is 5.97 Å². The number of aliphatic carboxylic acids is 1. The lowest BCUT2D eigenvalue weighted by molar-refractivity contribution is -0.141. The van der Waals surface area contributed by atoms with Crippen molar-refractivity contribution in [3.05, 3.63) is 59.8 Å². The fraction of sp³-hybridized carbons (Fsp3) is 0.316. The van der Waals surface area contributed by atoms with Crippen LogP contribution in [0.3, 0.4) is 0 Å². The predicted molar refractivity (Wildman–Crippen MR) is 118 cm³/mol. The summed E-state index contributed by atoms with van der Waals surface area (Å²) in [6, 6.07) is 8.47. The average Bonchev–Trinajstić information content (AvgIpc) is 2.72. The smallest absolute Gasteiger partial charge is 0.326 e. The van der Waals surface area contributed by atoms with Crippen LogP contribution in [-0.2, 0) is 16.1 Å². The van der Waals surface area contributed by atoms with Gasteiger partial charge in [-0.25, -0.2) is 4.79 Å². The number of aliphatic hydroxyl groups excluding tert-OH is 1. The van der Waals surface area contributed by atoms with Crippen molar-refractivity contribution >= 4 is 40.7 Å². The highest BCUT2D eigenvalue weighted by Crippen LogP contribution is 2.16. The van der Waals surface area contributed by atoms with Crippen molar-refractivity contribution in [1.82, 2.24) is 13.7 Å². The number of aliphatic hydroxyl groups is 1. The molecule has 0 aliphatic carbocycles. The van der Waals surface area contributed by atoms with Gasteiger partial charge in [0, 0.05) is 19.3 Å². The number of nitrogens with one attached hydrogen (secondary N) is 2. The molecule has 0 radical (unpaired) electrons. The largest absolute Gasteiger partial charge is 0.480 e. The van der Waals surface area contributed by atoms with Gasteiger partial charge in [-0.3, -0.25) is 13.3 Å². The molecule has 0 bridgehead atoms. The van der Waals surface area contributed by atoms with Crippen LogP contribution in [0.4, 0.5) is 0 Å². The molecule has 1 aliphatic rings. The maximum atomic E-state index is 12.5. The second kappa shape index (κ2) is 11.4. The molecule has 6 N–H and O–H groups in total. The van der Waals surface area contributed by atoms with Crippen molar-refractivity contribution in [2.75, 3.05) is 6.54 Å². The molecule has 2 atom stereocenters. The molecule has 0 spiro atoms. The van der Waals surface area contributed by atoms with Gasteiger partial charge in [-0.2, -0.15) is 0 Å². The number of hydrogen-bond donors (Lipinski definition) is 5. The lowest BCUT2D eigenvalue weighted by Crippen LogP contribution is -2.42. The standard InChI is InChI=1S/C19H24IN5O4/c20-24-19(21)22-10-4-7-15(18(28)29)23-17(27)14-8-9-16(26)25(12-14)11-13-5-2-1-3-6-13/h1-3,5-6,8-9,12,15-16,26H,4,7,10-11H2,(H,23,27)(H,28,29)(H3,21,22,24)/t15-,16?/m0/s1. The minimum Gasteiger partial charge on any atom is -0.480 e. The molecule has 9 nitrogen and oxygen atoms in total. The fourth-order valence-electron chi connectivity index (χ4n) is 2.69. The zero-order chi connectivity index (χ0) is 21.2. The monoisotopic (exact) mass is 513 g/mol. The summed E-state index contributed by atoms with van der Waals surface area (Å²) < 4.78 is 2.65. The molecule has 1 aliphatic heterocycles. The number of rotatable bonds is 9. The first kappa shape index (κ1) is 22.7. The van der Waals surface area contributed by atoms with E-state index >= 15 is 0 Å². The average molecular weight is 513 g/mol. The molecule has 0 saturated heterocycles. The van der Waals surface area contributed by atoms with Gasteiger partial charge < -0.3 is 26.2 Å². The number of carboxylic acid groups (broad SMARTS) is 1. The third-order valence-corrected chi connectivity index (χ3v) is 4.75. The Morgan fingerprint density at radius 3 is 2.69 bits per heavy atom. The molecule has 1 unspecified atom stereocenters. The maximum absolute atomic E-state index is 12.5. The third kappa shape index (κ3) is 7.38. The first-order valence-corrected chi connectivity index (χ1v) is 10.1. The van der Waals surface area contributed by atoms with Crippen molar-refractivity contribution < 1.29 is 19.8 Å². The summed E-state index contributed by atoms with van der Waals surface area (Å²) in [5.74, 6) is -1.38. The molecule has 0 saturated carbocycles. The van der Waals surface area contributed by atoms with Gasteiger partial charge in [-0.15, -0.1) is 0 Å². The van der Waals surface area contributed by atoms with Crippen LogP contribution in [-0.4, -0.2) is 51.8 Å². The molecule has 10 heteroatoms. The number of benzene rings is 1. The van der Waals surface area contributed by atoms with Crippen LogP contribution in [0.5, 0.6) is 0 Å². The van der Waals surface area contributed by atoms with E-state index in [4.69, 9.17) is 5.73 Å². The summed E-state index contributed by atoms with van der Waals surface area (Å²) in [6.45, 7) is 0.761. The predicted octanol–water partition coefficient (Wildman–Crippen LogP) is 0.865. The van der Waals surface area contributed by atoms with Gasteiger partial charge in [0.05, 0.1) is 28.4 Å². The number of carbonyl (C=O) groups excluding carboxylic acids is 1. The number of carboxylic acids is 1. The highest BCUT2D eigenvalue weighted by molar-refractivity contribution is 14.1. The van der Waals surface area contributed by atoms with Gasteiger partial charge in [-0.1, -0.05) is 30.3 Å². The molecular formula is C19H24IN5O4. The minimum atomic E-state index is -1.12. The molecule has 1 heterocycles. The Labute approximate surface area is 182 Å². The van der Waals surface area contributed by atoms with Gasteiger partial charge in [0.25, 0.3) is 5.91 Å². The molecule has 29 heavy (non-hydrogen) atoms. The van der Waals surface area contributed by atoms with E-state index in [1.54, 1.807) is 4.90 Å². The molecule has 2 rings (SSSR count). The second-order valence-corrected chi connectivity index (χ2v) is 6.92. The van der Waals surface area contributed by atoms with E-state index in [9.17, 15) is 19.8 Å². The Morgan fingerprint density at radius 1 is 1.31 bits per heavy atom. The lowest BCUT2D eigenvalue weighted by atomic mass is 10.1. The highest BCUT2D eigenvalue weighted by Gasteiger charge is 2.23. The molecule has 1 aromatic carbocycles. The lowest BCUT2D eigenvalue weighted by Gasteiger charge is -2.28. The van der Waals surface area contributed by atoms with Crippen molar-refractivity contribution in [2.45, 2.75) is 31.7 Å². The van der Waals surface area contributed by atoms with Crippen LogP contribution in [0, 0.1) is 0 Å². The van der Waals surface area contributed by atoms with Crippen LogP contribution in [0.15, 0.2) is 59.2 Å². The number of aliphatic imine (C=N–C) groups is 1. The van der Waals surface area contributed by atoms with Gasteiger partial charge in [0.2, 0.25) is 0 Å². The summed E-state index contributed by atoms with van der Waals surface area (Å²) in [7, 11) is 0. The summed E-state index contributed by atoms with van der Waals surface area (Å²) >= 11 is 1.85. The van der Waals surface area contributed by atoms with Crippen LogP contribution >= 0.6 is 22.9 Å². The van der Waals surface area contributed by atoms with Crippen LogP contribution in [0.25, 0.3) is 0 Å². The molecule has 0 fully saturated rings.